The van der Waals surface area contributed by atoms with E-state index in [1.165, 1.54) is 17.7 Å². The second-order valence-electron chi connectivity index (χ2n) is 5.70. The van der Waals surface area contributed by atoms with E-state index in [1.807, 2.05) is 48.7 Å². The molecule has 0 fully saturated rings. The zero-order valence-electron chi connectivity index (χ0n) is 13.7. The van der Waals surface area contributed by atoms with Gasteiger partial charge in [-0.2, -0.15) is 0 Å². The number of nitrogens with zero attached hydrogens (tertiary/aromatic N) is 1. The molecule has 0 aliphatic heterocycles. The number of benzene rings is 3. The largest absolute Gasteiger partial charge is 0.488 e. The number of halogens is 2. The summed E-state index contributed by atoms with van der Waals surface area (Å²) in [6, 6.07) is 20.1. The van der Waals surface area contributed by atoms with Crippen LogP contribution in [0, 0.1) is 12.7 Å². The molecule has 0 aromatic heterocycles. The normalized spacial score (nSPS) is 11.0. The van der Waals surface area contributed by atoms with E-state index in [9.17, 15) is 4.39 Å². The Labute approximate surface area is 155 Å². The van der Waals surface area contributed by atoms with E-state index in [0.29, 0.717) is 6.61 Å². The number of aryl methyl sites for hydroxylation is 1. The molecular formula is C21H17BrFNO. The zero-order valence-corrected chi connectivity index (χ0v) is 15.3. The van der Waals surface area contributed by atoms with Crippen LogP contribution in [0.25, 0.3) is 0 Å². The standard InChI is InChI=1S/C21H17BrFNO/c1-15-2-9-19(10-3-15)24-13-17-6-11-21(20(22)12-17)25-14-16-4-7-18(23)8-5-16/h2-13H,14H2,1H3. The SMILES string of the molecule is Cc1ccc(N=Cc2ccc(OCc3ccc(F)cc3)c(Br)c2)cc1. The first-order valence-corrected chi connectivity index (χ1v) is 8.67. The van der Waals surface area contributed by atoms with Gasteiger partial charge in [0.15, 0.2) is 0 Å². The molecule has 3 aromatic carbocycles. The summed E-state index contributed by atoms with van der Waals surface area (Å²) in [4.78, 5) is 4.47. The van der Waals surface area contributed by atoms with Crippen LogP contribution in [0.5, 0.6) is 5.75 Å². The Hall–Kier alpha value is -2.46. The lowest BCUT2D eigenvalue weighted by Crippen LogP contribution is -1.96. The molecule has 25 heavy (non-hydrogen) atoms. The van der Waals surface area contributed by atoms with E-state index in [0.717, 1.165) is 27.0 Å². The van der Waals surface area contributed by atoms with E-state index >= 15 is 0 Å². The number of hydrogen-bond donors (Lipinski definition) is 0. The maximum Gasteiger partial charge on any atom is 0.134 e. The predicted molar refractivity (Wildman–Crippen MR) is 103 cm³/mol. The first kappa shape index (κ1) is 17.4. The van der Waals surface area contributed by atoms with Crippen molar-refractivity contribution >= 4 is 27.8 Å². The van der Waals surface area contributed by atoms with Crippen molar-refractivity contribution in [2.24, 2.45) is 4.99 Å². The van der Waals surface area contributed by atoms with Crippen LogP contribution in [0.15, 0.2) is 76.2 Å². The van der Waals surface area contributed by atoms with Crippen molar-refractivity contribution in [3.8, 4) is 5.75 Å². The molecule has 0 spiro atoms. The van der Waals surface area contributed by atoms with Crippen LogP contribution < -0.4 is 4.74 Å². The van der Waals surface area contributed by atoms with E-state index in [2.05, 4.69) is 27.8 Å². The molecule has 3 rings (SSSR count). The molecule has 0 bridgehead atoms. The third-order valence-electron chi connectivity index (χ3n) is 3.66. The fourth-order valence-corrected chi connectivity index (χ4v) is 2.75. The van der Waals surface area contributed by atoms with Crippen LogP contribution in [0.3, 0.4) is 0 Å². The van der Waals surface area contributed by atoms with Gasteiger partial charge in [-0.05, 0) is 76.4 Å². The summed E-state index contributed by atoms with van der Waals surface area (Å²) in [5, 5.41) is 0. The smallest absolute Gasteiger partial charge is 0.134 e. The van der Waals surface area contributed by atoms with Crippen LogP contribution in [-0.4, -0.2) is 6.21 Å². The average molecular weight is 398 g/mol. The Kier molecular flexibility index (Phi) is 5.61. The third kappa shape index (κ3) is 5.00. The second-order valence-corrected chi connectivity index (χ2v) is 6.55. The summed E-state index contributed by atoms with van der Waals surface area (Å²) in [7, 11) is 0. The van der Waals surface area contributed by atoms with Crippen molar-refractivity contribution in [2.45, 2.75) is 13.5 Å². The van der Waals surface area contributed by atoms with E-state index < -0.39 is 0 Å². The molecule has 3 aromatic rings. The van der Waals surface area contributed by atoms with Gasteiger partial charge in [-0.1, -0.05) is 29.8 Å². The van der Waals surface area contributed by atoms with E-state index in [4.69, 9.17) is 4.74 Å². The van der Waals surface area contributed by atoms with Crippen LogP contribution in [0.2, 0.25) is 0 Å². The van der Waals surface area contributed by atoms with Gasteiger partial charge >= 0.3 is 0 Å². The maximum absolute atomic E-state index is 12.9. The third-order valence-corrected chi connectivity index (χ3v) is 4.28. The van der Waals surface area contributed by atoms with Gasteiger partial charge in [0.05, 0.1) is 10.2 Å². The lowest BCUT2D eigenvalue weighted by Gasteiger charge is -2.09. The Bertz CT molecular complexity index is 873. The highest BCUT2D eigenvalue weighted by molar-refractivity contribution is 9.10. The minimum atomic E-state index is -0.248. The van der Waals surface area contributed by atoms with Gasteiger partial charge < -0.3 is 4.74 Å². The molecule has 0 amide bonds. The van der Waals surface area contributed by atoms with Crippen molar-refractivity contribution < 1.29 is 9.13 Å². The molecule has 4 heteroatoms. The second kappa shape index (κ2) is 8.08. The van der Waals surface area contributed by atoms with Gasteiger partial charge in [-0.25, -0.2) is 4.39 Å². The first-order valence-electron chi connectivity index (χ1n) is 7.88. The Morgan fingerprint density at radius 2 is 1.72 bits per heavy atom. The molecule has 0 heterocycles. The highest BCUT2D eigenvalue weighted by Gasteiger charge is 2.03. The molecule has 0 N–H and O–H groups in total. The minimum Gasteiger partial charge on any atom is -0.488 e. The average Bonchev–Trinajstić information content (AvgIpc) is 2.62. The molecular weight excluding hydrogens is 381 g/mol. The Balaban J connectivity index is 1.65. The summed E-state index contributed by atoms with van der Waals surface area (Å²) < 4.78 is 19.5. The van der Waals surface area contributed by atoms with Crippen molar-refractivity contribution in [2.75, 3.05) is 0 Å². The summed E-state index contributed by atoms with van der Waals surface area (Å²) in [5.74, 6) is 0.485. The zero-order chi connectivity index (χ0) is 17.6. The monoisotopic (exact) mass is 397 g/mol. The van der Waals surface area contributed by atoms with Crippen molar-refractivity contribution in [3.63, 3.8) is 0 Å². The molecule has 0 radical (unpaired) electrons. The van der Waals surface area contributed by atoms with E-state index in [-0.39, 0.29) is 5.82 Å². The number of ether oxygens (including phenoxy) is 1. The van der Waals surface area contributed by atoms with Gasteiger partial charge in [0.25, 0.3) is 0 Å². The van der Waals surface area contributed by atoms with Gasteiger partial charge in [0.2, 0.25) is 0 Å². The van der Waals surface area contributed by atoms with Crippen LogP contribution >= 0.6 is 15.9 Å². The summed E-state index contributed by atoms with van der Waals surface area (Å²) in [6.07, 6.45) is 1.82. The lowest BCUT2D eigenvalue weighted by molar-refractivity contribution is 0.304. The highest BCUT2D eigenvalue weighted by Crippen LogP contribution is 2.26. The highest BCUT2D eigenvalue weighted by atomic mass is 79.9. The van der Waals surface area contributed by atoms with Crippen LogP contribution in [0.4, 0.5) is 10.1 Å². The van der Waals surface area contributed by atoms with Crippen LogP contribution in [0.1, 0.15) is 16.7 Å². The van der Waals surface area contributed by atoms with E-state index in [1.54, 1.807) is 12.1 Å². The first-order chi connectivity index (χ1) is 12.1. The van der Waals surface area contributed by atoms with Crippen LogP contribution in [-0.2, 0) is 6.61 Å². The van der Waals surface area contributed by atoms with Crippen molar-refractivity contribution in [3.05, 3.63) is 93.7 Å². The number of aliphatic imine (C=N–C) groups is 1. The molecule has 2 nitrogen and oxygen atoms in total. The number of hydrogen-bond acceptors (Lipinski definition) is 2. The molecule has 126 valence electrons. The molecule has 0 aliphatic carbocycles. The summed E-state index contributed by atoms with van der Waals surface area (Å²) in [5.41, 5.74) is 4.02. The molecule has 0 atom stereocenters. The van der Waals surface area contributed by atoms with Crippen molar-refractivity contribution in [1.82, 2.24) is 0 Å². The predicted octanol–water partition coefficient (Wildman–Crippen LogP) is 6.23. The Morgan fingerprint density at radius 3 is 2.40 bits per heavy atom. The van der Waals surface area contributed by atoms with Gasteiger partial charge in [0.1, 0.15) is 18.2 Å². The van der Waals surface area contributed by atoms with Gasteiger partial charge in [-0.3, -0.25) is 4.99 Å². The topological polar surface area (TPSA) is 21.6 Å². The summed E-state index contributed by atoms with van der Waals surface area (Å²) in [6.45, 7) is 2.44. The molecule has 0 aliphatic rings. The maximum atomic E-state index is 12.9. The molecule has 0 unspecified atom stereocenters. The Morgan fingerprint density at radius 1 is 1.00 bits per heavy atom. The fourth-order valence-electron chi connectivity index (χ4n) is 2.24. The number of rotatable bonds is 5. The lowest BCUT2D eigenvalue weighted by atomic mass is 10.2. The fraction of sp³-hybridized carbons (Fsp3) is 0.0952. The molecule has 0 saturated heterocycles. The molecule has 0 saturated carbocycles. The van der Waals surface area contributed by atoms with Gasteiger partial charge in [-0.15, -0.1) is 0 Å². The quantitative estimate of drug-likeness (QED) is 0.467. The minimum absolute atomic E-state index is 0.248. The van der Waals surface area contributed by atoms with Crippen molar-refractivity contribution in [1.29, 1.82) is 0 Å². The van der Waals surface area contributed by atoms with Gasteiger partial charge in [0, 0.05) is 6.21 Å². The summed E-state index contributed by atoms with van der Waals surface area (Å²) >= 11 is 3.52.